The zero-order chi connectivity index (χ0) is 22.2. The summed E-state index contributed by atoms with van der Waals surface area (Å²) in [5.74, 6) is -0.922. The molecule has 0 amide bonds. The molecule has 4 aromatic rings. The van der Waals surface area contributed by atoms with Crippen LogP contribution in [0.25, 0.3) is 5.69 Å². The number of aromatic nitrogens is 4. The zero-order valence-corrected chi connectivity index (χ0v) is 16.9. The summed E-state index contributed by atoms with van der Waals surface area (Å²) < 4.78 is 49.3. The van der Waals surface area contributed by atoms with E-state index in [0.717, 1.165) is 11.8 Å². The highest BCUT2D eigenvalue weighted by Crippen LogP contribution is 2.36. The highest BCUT2D eigenvalue weighted by atomic mass is 19.1. The standard InChI is InChI=1S/C22H17F3N6O/c1-13-11-30(12-27-13)19-3-2-16(9-18(19)25)28-22-26-10-20-21(29-22)31(4-5-32-20)17-7-14(23)6-15(24)8-17/h2-3,6-12H,4-5H2,1H3,(H,26,28,29). The van der Waals surface area contributed by atoms with E-state index >= 15 is 0 Å². The third-order valence-electron chi connectivity index (χ3n) is 4.92. The van der Waals surface area contributed by atoms with Crippen LogP contribution in [0.5, 0.6) is 5.75 Å². The van der Waals surface area contributed by atoms with E-state index < -0.39 is 17.5 Å². The summed E-state index contributed by atoms with van der Waals surface area (Å²) in [6, 6.07) is 7.87. The van der Waals surface area contributed by atoms with Crippen molar-refractivity contribution in [2.45, 2.75) is 6.92 Å². The number of anilines is 4. The first kappa shape index (κ1) is 19.9. The molecule has 2 aromatic heterocycles. The molecule has 0 atom stereocenters. The fourth-order valence-corrected chi connectivity index (χ4v) is 3.49. The summed E-state index contributed by atoms with van der Waals surface area (Å²) in [5, 5.41) is 2.96. The molecule has 0 spiro atoms. The number of rotatable bonds is 4. The number of ether oxygens (including phenoxy) is 1. The van der Waals surface area contributed by atoms with Crippen molar-refractivity contribution in [3.8, 4) is 11.4 Å². The van der Waals surface area contributed by atoms with Gasteiger partial charge >= 0.3 is 0 Å². The van der Waals surface area contributed by atoms with E-state index in [2.05, 4.69) is 20.3 Å². The molecule has 0 unspecified atom stereocenters. The van der Waals surface area contributed by atoms with Gasteiger partial charge in [0.05, 0.1) is 30.5 Å². The van der Waals surface area contributed by atoms with Gasteiger partial charge in [-0.05, 0) is 37.3 Å². The van der Waals surface area contributed by atoms with Crippen molar-refractivity contribution < 1.29 is 17.9 Å². The molecule has 5 rings (SSSR count). The Balaban J connectivity index is 1.44. The van der Waals surface area contributed by atoms with E-state index in [1.807, 2.05) is 6.92 Å². The van der Waals surface area contributed by atoms with Crippen LogP contribution < -0.4 is 15.0 Å². The number of nitrogens with zero attached hydrogens (tertiary/aromatic N) is 5. The van der Waals surface area contributed by atoms with Crippen LogP contribution in [0.3, 0.4) is 0 Å². The van der Waals surface area contributed by atoms with E-state index in [4.69, 9.17) is 4.74 Å². The molecule has 2 aromatic carbocycles. The molecule has 0 aliphatic carbocycles. The molecule has 0 saturated carbocycles. The summed E-state index contributed by atoms with van der Waals surface area (Å²) in [6.45, 7) is 2.48. The Morgan fingerprint density at radius 3 is 2.56 bits per heavy atom. The topological polar surface area (TPSA) is 68.1 Å². The van der Waals surface area contributed by atoms with Crippen molar-refractivity contribution in [3.63, 3.8) is 0 Å². The number of halogens is 3. The van der Waals surface area contributed by atoms with E-state index in [1.165, 1.54) is 30.7 Å². The Morgan fingerprint density at radius 2 is 1.84 bits per heavy atom. The molecule has 32 heavy (non-hydrogen) atoms. The summed E-state index contributed by atoms with van der Waals surface area (Å²) in [5.41, 5.74) is 1.88. The first-order valence-electron chi connectivity index (χ1n) is 9.77. The van der Waals surface area contributed by atoms with Crippen LogP contribution in [-0.4, -0.2) is 32.7 Å². The Labute approximate surface area is 181 Å². The monoisotopic (exact) mass is 438 g/mol. The second-order valence-electron chi connectivity index (χ2n) is 7.22. The molecule has 162 valence electrons. The Kier molecular flexibility index (Phi) is 4.89. The maximum atomic E-state index is 14.7. The third kappa shape index (κ3) is 3.82. The van der Waals surface area contributed by atoms with E-state index in [1.54, 1.807) is 27.8 Å². The Morgan fingerprint density at radius 1 is 1.03 bits per heavy atom. The lowest BCUT2D eigenvalue weighted by atomic mass is 10.2. The number of fused-ring (bicyclic) bond motifs is 1. The lowest BCUT2D eigenvalue weighted by Gasteiger charge is -2.30. The van der Waals surface area contributed by atoms with Crippen LogP contribution in [-0.2, 0) is 0 Å². The quantitative estimate of drug-likeness (QED) is 0.500. The molecule has 0 radical (unpaired) electrons. The predicted octanol–water partition coefficient (Wildman–Crippen LogP) is 4.66. The number of nitrogens with one attached hydrogen (secondary N) is 1. The molecule has 7 nitrogen and oxygen atoms in total. The minimum Gasteiger partial charge on any atom is -0.486 e. The summed E-state index contributed by atoms with van der Waals surface area (Å²) >= 11 is 0. The van der Waals surface area contributed by atoms with Crippen LogP contribution in [0.1, 0.15) is 5.69 Å². The second kappa shape index (κ2) is 7.88. The summed E-state index contributed by atoms with van der Waals surface area (Å²) in [6.07, 6.45) is 4.73. The number of imidazole rings is 1. The predicted molar refractivity (Wildman–Crippen MR) is 112 cm³/mol. The molecule has 0 bridgehead atoms. The van der Waals surface area contributed by atoms with Crippen LogP contribution in [0, 0.1) is 24.4 Å². The van der Waals surface area contributed by atoms with Gasteiger partial charge in [-0.1, -0.05) is 0 Å². The largest absolute Gasteiger partial charge is 0.486 e. The summed E-state index contributed by atoms with van der Waals surface area (Å²) in [4.78, 5) is 14.4. The number of benzene rings is 2. The number of hydrogen-bond acceptors (Lipinski definition) is 6. The van der Waals surface area contributed by atoms with Crippen molar-refractivity contribution >= 4 is 23.1 Å². The zero-order valence-electron chi connectivity index (χ0n) is 16.9. The van der Waals surface area contributed by atoms with Gasteiger partial charge in [-0.25, -0.2) is 23.1 Å². The van der Waals surface area contributed by atoms with Crippen molar-refractivity contribution in [3.05, 3.63) is 78.3 Å². The van der Waals surface area contributed by atoms with Crippen LogP contribution in [0.15, 0.2) is 55.1 Å². The van der Waals surface area contributed by atoms with Gasteiger partial charge in [0.15, 0.2) is 11.6 Å². The summed E-state index contributed by atoms with van der Waals surface area (Å²) in [7, 11) is 0. The van der Waals surface area contributed by atoms with Crippen molar-refractivity contribution in [1.29, 1.82) is 0 Å². The van der Waals surface area contributed by atoms with Gasteiger partial charge in [-0.2, -0.15) is 4.98 Å². The maximum Gasteiger partial charge on any atom is 0.229 e. The molecule has 1 aliphatic heterocycles. The van der Waals surface area contributed by atoms with Crippen LogP contribution in [0.2, 0.25) is 0 Å². The maximum absolute atomic E-state index is 14.7. The molecule has 3 heterocycles. The highest BCUT2D eigenvalue weighted by Gasteiger charge is 2.23. The van der Waals surface area contributed by atoms with Crippen molar-refractivity contribution in [2.24, 2.45) is 0 Å². The SMILES string of the molecule is Cc1cn(-c2ccc(Nc3ncc4c(n3)N(c3cc(F)cc(F)c3)CCO4)cc2F)cn1. The minimum atomic E-state index is -0.691. The van der Waals surface area contributed by atoms with Crippen LogP contribution in [0.4, 0.5) is 36.3 Å². The number of hydrogen-bond donors (Lipinski definition) is 1. The minimum absolute atomic E-state index is 0.182. The fraction of sp³-hybridized carbons (Fsp3) is 0.136. The van der Waals surface area contributed by atoms with Crippen LogP contribution >= 0.6 is 0 Å². The Hall–Kier alpha value is -4.08. The average Bonchev–Trinajstić information content (AvgIpc) is 3.18. The molecular weight excluding hydrogens is 421 g/mol. The van der Waals surface area contributed by atoms with Gasteiger partial charge in [-0.3, -0.25) is 0 Å². The molecule has 0 fully saturated rings. The first-order chi connectivity index (χ1) is 15.5. The van der Waals surface area contributed by atoms with E-state index in [9.17, 15) is 13.2 Å². The normalized spacial score (nSPS) is 12.9. The van der Waals surface area contributed by atoms with Crippen molar-refractivity contribution in [2.75, 3.05) is 23.4 Å². The number of aryl methyl sites for hydroxylation is 1. The van der Waals surface area contributed by atoms with Gasteiger partial charge in [0.25, 0.3) is 0 Å². The molecule has 0 saturated heterocycles. The van der Waals surface area contributed by atoms with E-state index in [-0.39, 0.29) is 5.95 Å². The third-order valence-corrected chi connectivity index (χ3v) is 4.92. The molecular formula is C22H17F3N6O. The van der Waals surface area contributed by atoms with E-state index in [0.29, 0.717) is 41.8 Å². The lowest BCUT2D eigenvalue weighted by molar-refractivity contribution is 0.310. The van der Waals surface area contributed by atoms with Gasteiger partial charge < -0.3 is 19.5 Å². The Bertz CT molecular complexity index is 1290. The highest BCUT2D eigenvalue weighted by molar-refractivity contribution is 5.68. The van der Waals surface area contributed by atoms with Gasteiger partial charge in [-0.15, -0.1) is 0 Å². The average molecular weight is 438 g/mol. The van der Waals surface area contributed by atoms with Gasteiger partial charge in [0.1, 0.15) is 24.1 Å². The lowest BCUT2D eigenvalue weighted by Crippen LogP contribution is -2.30. The van der Waals surface area contributed by atoms with Gasteiger partial charge in [0, 0.05) is 23.6 Å². The molecule has 10 heteroatoms. The van der Waals surface area contributed by atoms with Gasteiger partial charge in [0.2, 0.25) is 5.95 Å². The molecule has 1 N–H and O–H groups in total. The molecule has 1 aliphatic rings. The first-order valence-corrected chi connectivity index (χ1v) is 9.77. The second-order valence-corrected chi connectivity index (χ2v) is 7.22. The fourth-order valence-electron chi connectivity index (χ4n) is 3.49. The van der Waals surface area contributed by atoms with Crippen molar-refractivity contribution in [1.82, 2.24) is 19.5 Å². The smallest absolute Gasteiger partial charge is 0.229 e.